The SMILES string of the molecule is CCC(N)C(SCc1ccccc1C)c1ccco1. The van der Waals surface area contributed by atoms with Crippen LogP contribution in [0.5, 0.6) is 0 Å². The van der Waals surface area contributed by atoms with E-state index in [-0.39, 0.29) is 11.3 Å². The summed E-state index contributed by atoms with van der Waals surface area (Å²) in [6.07, 6.45) is 2.67. The zero-order valence-electron chi connectivity index (χ0n) is 11.5. The lowest BCUT2D eigenvalue weighted by Gasteiger charge is -2.20. The molecular formula is C16H21NOS. The second-order valence-corrected chi connectivity index (χ2v) is 5.88. The van der Waals surface area contributed by atoms with E-state index >= 15 is 0 Å². The van der Waals surface area contributed by atoms with Gasteiger partial charge in [-0.1, -0.05) is 31.2 Å². The minimum absolute atomic E-state index is 0.125. The number of aryl methyl sites for hydroxylation is 1. The van der Waals surface area contributed by atoms with Crippen LogP contribution in [0.1, 0.15) is 35.5 Å². The van der Waals surface area contributed by atoms with Crippen molar-refractivity contribution >= 4 is 11.8 Å². The van der Waals surface area contributed by atoms with Gasteiger partial charge < -0.3 is 10.2 Å². The molecule has 0 saturated carbocycles. The second-order valence-electron chi connectivity index (χ2n) is 4.75. The van der Waals surface area contributed by atoms with E-state index in [1.165, 1.54) is 11.1 Å². The van der Waals surface area contributed by atoms with Crippen molar-refractivity contribution in [3.8, 4) is 0 Å². The molecule has 1 aromatic carbocycles. The summed E-state index contributed by atoms with van der Waals surface area (Å²) in [5.74, 6) is 1.94. The van der Waals surface area contributed by atoms with E-state index in [4.69, 9.17) is 10.2 Å². The van der Waals surface area contributed by atoms with Crippen LogP contribution in [0.2, 0.25) is 0 Å². The first kappa shape index (κ1) is 14.2. The first-order valence-corrected chi connectivity index (χ1v) is 7.72. The van der Waals surface area contributed by atoms with E-state index < -0.39 is 0 Å². The van der Waals surface area contributed by atoms with Crippen molar-refractivity contribution in [1.82, 2.24) is 0 Å². The maximum atomic E-state index is 6.23. The van der Waals surface area contributed by atoms with Gasteiger partial charge in [0, 0.05) is 11.8 Å². The van der Waals surface area contributed by atoms with Crippen molar-refractivity contribution in [3.63, 3.8) is 0 Å². The molecule has 19 heavy (non-hydrogen) atoms. The monoisotopic (exact) mass is 275 g/mol. The molecule has 0 aliphatic rings. The molecule has 102 valence electrons. The van der Waals surface area contributed by atoms with Crippen molar-refractivity contribution in [2.24, 2.45) is 5.73 Å². The number of furan rings is 1. The van der Waals surface area contributed by atoms with E-state index in [1.54, 1.807) is 6.26 Å². The van der Waals surface area contributed by atoms with Gasteiger partial charge in [-0.05, 0) is 36.6 Å². The third kappa shape index (κ3) is 3.64. The molecule has 0 fully saturated rings. The summed E-state index contributed by atoms with van der Waals surface area (Å²) in [6.45, 7) is 4.27. The van der Waals surface area contributed by atoms with Gasteiger partial charge >= 0.3 is 0 Å². The van der Waals surface area contributed by atoms with Crippen LogP contribution in [0.15, 0.2) is 47.1 Å². The molecule has 3 heteroatoms. The maximum absolute atomic E-state index is 6.23. The molecular weight excluding hydrogens is 254 g/mol. The van der Waals surface area contributed by atoms with Crippen LogP contribution in [0.25, 0.3) is 0 Å². The van der Waals surface area contributed by atoms with Crippen LogP contribution in [0, 0.1) is 6.92 Å². The fraction of sp³-hybridized carbons (Fsp3) is 0.375. The molecule has 0 amide bonds. The van der Waals surface area contributed by atoms with E-state index in [0.717, 1.165) is 17.9 Å². The number of benzene rings is 1. The lowest BCUT2D eigenvalue weighted by atomic mass is 10.1. The Morgan fingerprint density at radius 1 is 1.21 bits per heavy atom. The first-order chi connectivity index (χ1) is 9.22. The lowest BCUT2D eigenvalue weighted by Crippen LogP contribution is -2.25. The molecule has 2 aromatic rings. The molecule has 1 heterocycles. The Morgan fingerprint density at radius 3 is 2.63 bits per heavy atom. The average molecular weight is 275 g/mol. The largest absolute Gasteiger partial charge is 0.468 e. The van der Waals surface area contributed by atoms with E-state index in [1.807, 2.05) is 23.9 Å². The molecule has 0 bridgehead atoms. The molecule has 2 atom stereocenters. The molecule has 2 unspecified atom stereocenters. The minimum atomic E-state index is 0.125. The highest BCUT2D eigenvalue weighted by molar-refractivity contribution is 7.98. The molecule has 0 saturated heterocycles. The van der Waals surface area contributed by atoms with Gasteiger partial charge in [-0.25, -0.2) is 0 Å². The number of thioether (sulfide) groups is 1. The second kappa shape index (κ2) is 6.83. The van der Waals surface area contributed by atoms with Gasteiger partial charge in [0.15, 0.2) is 0 Å². The van der Waals surface area contributed by atoms with Gasteiger partial charge in [-0.2, -0.15) is 0 Å². The molecule has 2 nitrogen and oxygen atoms in total. The highest BCUT2D eigenvalue weighted by Gasteiger charge is 2.21. The molecule has 0 aliphatic heterocycles. The molecule has 2 N–H and O–H groups in total. The Bertz CT molecular complexity index is 495. The smallest absolute Gasteiger partial charge is 0.118 e. The van der Waals surface area contributed by atoms with Gasteiger partial charge in [-0.3, -0.25) is 0 Å². The van der Waals surface area contributed by atoms with Crippen molar-refractivity contribution < 1.29 is 4.42 Å². The molecule has 2 rings (SSSR count). The summed E-state index contributed by atoms with van der Waals surface area (Å²) in [4.78, 5) is 0. The van der Waals surface area contributed by atoms with Crippen molar-refractivity contribution in [2.45, 2.75) is 37.3 Å². The molecule has 1 aromatic heterocycles. The average Bonchev–Trinajstić information content (AvgIpc) is 2.94. The van der Waals surface area contributed by atoms with E-state index in [2.05, 4.69) is 38.1 Å². The van der Waals surface area contributed by atoms with Gasteiger partial charge in [0.1, 0.15) is 5.76 Å². The normalized spacial score (nSPS) is 14.3. The van der Waals surface area contributed by atoms with E-state index in [0.29, 0.717) is 0 Å². The summed E-state index contributed by atoms with van der Waals surface area (Å²) >= 11 is 1.86. The van der Waals surface area contributed by atoms with Crippen LogP contribution >= 0.6 is 11.8 Å². The summed E-state index contributed by atoms with van der Waals surface area (Å²) < 4.78 is 5.54. The highest BCUT2D eigenvalue weighted by Crippen LogP contribution is 2.35. The van der Waals surface area contributed by atoms with Gasteiger partial charge in [-0.15, -0.1) is 11.8 Å². The number of hydrogen-bond acceptors (Lipinski definition) is 3. The molecule has 0 spiro atoms. The predicted octanol–water partition coefficient (Wildman–Crippen LogP) is 4.30. The number of nitrogens with two attached hydrogens (primary N) is 1. The van der Waals surface area contributed by atoms with Gasteiger partial charge in [0.2, 0.25) is 0 Å². The van der Waals surface area contributed by atoms with Gasteiger partial charge in [0.05, 0.1) is 11.5 Å². The van der Waals surface area contributed by atoms with Crippen LogP contribution in [0.3, 0.4) is 0 Å². The fourth-order valence-electron chi connectivity index (χ4n) is 2.04. The topological polar surface area (TPSA) is 39.2 Å². The Balaban J connectivity index is 2.07. The zero-order valence-corrected chi connectivity index (χ0v) is 12.3. The Labute approximate surface area is 119 Å². The van der Waals surface area contributed by atoms with Gasteiger partial charge in [0.25, 0.3) is 0 Å². The van der Waals surface area contributed by atoms with Crippen LogP contribution < -0.4 is 5.73 Å². The maximum Gasteiger partial charge on any atom is 0.118 e. The molecule has 0 aliphatic carbocycles. The molecule has 0 radical (unpaired) electrons. The van der Waals surface area contributed by atoms with Crippen LogP contribution in [-0.2, 0) is 5.75 Å². The standard InChI is InChI=1S/C16H21NOS/c1-3-14(17)16(15-9-6-10-18-15)19-11-13-8-5-4-7-12(13)2/h4-10,14,16H,3,11,17H2,1-2H3. The Morgan fingerprint density at radius 2 is 2.00 bits per heavy atom. The summed E-state index contributed by atoms with van der Waals surface area (Å²) in [5.41, 5.74) is 8.93. The summed E-state index contributed by atoms with van der Waals surface area (Å²) in [6, 6.07) is 12.6. The minimum Gasteiger partial charge on any atom is -0.468 e. The number of hydrogen-bond donors (Lipinski definition) is 1. The highest BCUT2D eigenvalue weighted by atomic mass is 32.2. The Hall–Kier alpha value is -1.19. The van der Waals surface area contributed by atoms with Crippen molar-refractivity contribution in [2.75, 3.05) is 0 Å². The van der Waals surface area contributed by atoms with Crippen molar-refractivity contribution in [3.05, 3.63) is 59.5 Å². The third-order valence-electron chi connectivity index (χ3n) is 3.36. The van der Waals surface area contributed by atoms with E-state index in [9.17, 15) is 0 Å². The van der Waals surface area contributed by atoms with Crippen LogP contribution in [-0.4, -0.2) is 6.04 Å². The predicted molar refractivity (Wildman–Crippen MR) is 82.2 cm³/mol. The Kier molecular flexibility index (Phi) is 5.11. The van der Waals surface area contributed by atoms with Crippen LogP contribution in [0.4, 0.5) is 0 Å². The summed E-state index contributed by atoms with van der Waals surface area (Å²) in [7, 11) is 0. The fourth-order valence-corrected chi connectivity index (χ4v) is 3.46. The first-order valence-electron chi connectivity index (χ1n) is 6.67. The lowest BCUT2D eigenvalue weighted by molar-refractivity contribution is 0.474. The zero-order chi connectivity index (χ0) is 13.7. The number of rotatable bonds is 6. The summed E-state index contributed by atoms with van der Waals surface area (Å²) in [5, 5.41) is 0.222. The van der Waals surface area contributed by atoms with Crippen molar-refractivity contribution in [1.29, 1.82) is 0 Å². The third-order valence-corrected chi connectivity index (χ3v) is 4.78. The quantitative estimate of drug-likeness (QED) is 0.854.